The Morgan fingerprint density at radius 3 is 2.56 bits per heavy atom. The van der Waals surface area contributed by atoms with Gasteiger partial charge in [0.15, 0.2) is 0 Å². The van der Waals surface area contributed by atoms with Gasteiger partial charge in [-0.15, -0.1) is 0 Å². The second kappa shape index (κ2) is 7.28. The fourth-order valence-electron chi connectivity index (χ4n) is 3.14. The average Bonchev–Trinajstić information content (AvgIpc) is 2.97. The minimum Gasteiger partial charge on any atom is -0.326 e. The number of hydrogen-bond acceptors (Lipinski definition) is 2. The predicted octanol–water partition coefficient (Wildman–Crippen LogP) is 4.46. The molecular weight excluding hydrogens is 336 g/mol. The molecule has 130 valence electrons. The number of nitrogens with one attached hydrogen (secondary N) is 1. The Kier molecular flexibility index (Phi) is 5.09. The summed E-state index contributed by atoms with van der Waals surface area (Å²) in [7, 11) is 0. The molecule has 1 heterocycles. The maximum absolute atomic E-state index is 12.7. The lowest BCUT2D eigenvalue weighted by molar-refractivity contribution is -0.122. The van der Waals surface area contributed by atoms with Crippen molar-refractivity contribution in [2.45, 2.75) is 26.2 Å². The van der Waals surface area contributed by atoms with Gasteiger partial charge in [0.2, 0.25) is 11.8 Å². The van der Waals surface area contributed by atoms with E-state index in [0.29, 0.717) is 23.2 Å². The number of benzene rings is 2. The summed E-state index contributed by atoms with van der Waals surface area (Å²) < 4.78 is 0. The zero-order valence-corrected chi connectivity index (χ0v) is 15.1. The van der Waals surface area contributed by atoms with E-state index in [1.807, 2.05) is 36.4 Å². The Bertz CT molecular complexity index is 804. The SMILES string of the molecule is CC(C)c1ccccc1NC(=O)[C@H]1CC(=O)N(c2ccccc2Cl)C1. The summed E-state index contributed by atoms with van der Waals surface area (Å²) in [6, 6.07) is 15.0. The summed E-state index contributed by atoms with van der Waals surface area (Å²) in [6.07, 6.45) is 0.195. The van der Waals surface area contributed by atoms with E-state index in [1.165, 1.54) is 0 Å². The van der Waals surface area contributed by atoms with Crippen LogP contribution < -0.4 is 10.2 Å². The van der Waals surface area contributed by atoms with Gasteiger partial charge in [-0.3, -0.25) is 9.59 Å². The van der Waals surface area contributed by atoms with Crippen LogP contribution in [0.4, 0.5) is 11.4 Å². The molecule has 2 amide bonds. The Morgan fingerprint density at radius 1 is 1.16 bits per heavy atom. The molecule has 1 aliphatic rings. The molecule has 1 N–H and O–H groups in total. The smallest absolute Gasteiger partial charge is 0.229 e. The van der Waals surface area contributed by atoms with Gasteiger partial charge in [-0.25, -0.2) is 0 Å². The van der Waals surface area contributed by atoms with Crippen LogP contribution >= 0.6 is 11.6 Å². The molecule has 0 radical (unpaired) electrons. The van der Waals surface area contributed by atoms with Crippen molar-refractivity contribution in [2.24, 2.45) is 5.92 Å². The molecule has 0 bridgehead atoms. The zero-order valence-electron chi connectivity index (χ0n) is 14.3. The van der Waals surface area contributed by atoms with Crippen LogP contribution in [0.5, 0.6) is 0 Å². The van der Waals surface area contributed by atoms with Crippen molar-refractivity contribution in [2.75, 3.05) is 16.8 Å². The largest absolute Gasteiger partial charge is 0.326 e. The zero-order chi connectivity index (χ0) is 18.0. The van der Waals surface area contributed by atoms with Gasteiger partial charge in [0.25, 0.3) is 0 Å². The van der Waals surface area contributed by atoms with Crippen LogP contribution in [0.15, 0.2) is 48.5 Å². The van der Waals surface area contributed by atoms with Gasteiger partial charge in [0, 0.05) is 18.7 Å². The van der Waals surface area contributed by atoms with E-state index < -0.39 is 0 Å². The first-order valence-corrected chi connectivity index (χ1v) is 8.80. The first kappa shape index (κ1) is 17.5. The molecule has 1 aliphatic heterocycles. The fourth-order valence-corrected chi connectivity index (χ4v) is 3.37. The van der Waals surface area contributed by atoms with Gasteiger partial charge in [0.1, 0.15) is 0 Å². The minimum absolute atomic E-state index is 0.0783. The molecule has 1 saturated heterocycles. The monoisotopic (exact) mass is 356 g/mol. The molecule has 0 unspecified atom stereocenters. The molecule has 1 atom stereocenters. The van der Waals surface area contributed by atoms with Crippen LogP contribution in [-0.4, -0.2) is 18.4 Å². The van der Waals surface area contributed by atoms with Gasteiger partial charge in [-0.05, 0) is 29.7 Å². The molecule has 0 aromatic heterocycles. The predicted molar refractivity (Wildman–Crippen MR) is 101 cm³/mol. The lowest BCUT2D eigenvalue weighted by Crippen LogP contribution is -2.28. The van der Waals surface area contributed by atoms with Crippen molar-refractivity contribution in [1.29, 1.82) is 0 Å². The second-order valence-electron chi connectivity index (χ2n) is 6.59. The molecule has 2 aromatic carbocycles. The molecule has 0 spiro atoms. The van der Waals surface area contributed by atoms with E-state index in [9.17, 15) is 9.59 Å². The fraction of sp³-hybridized carbons (Fsp3) is 0.300. The Balaban J connectivity index is 1.75. The number of rotatable bonds is 4. The van der Waals surface area contributed by atoms with Crippen molar-refractivity contribution >= 4 is 34.8 Å². The minimum atomic E-state index is -0.385. The van der Waals surface area contributed by atoms with E-state index in [2.05, 4.69) is 19.2 Å². The van der Waals surface area contributed by atoms with Crippen LogP contribution in [-0.2, 0) is 9.59 Å². The van der Waals surface area contributed by atoms with E-state index in [-0.39, 0.29) is 24.2 Å². The summed E-state index contributed by atoms with van der Waals surface area (Å²) >= 11 is 6.19. The van der Waals surface area contributed by atoms with Crippen molar-refractivity contribution in [3.8, 4) is 0 Å². The lowest BCUT2D eigenvalue weighted by atomic mass is 10.0. The molecule has 5 heteroatoms. The first-order valence-electron chi connectivity index (χ1n) is 8.42. The third-order valence-corrected chi connectivity index (χ3v) is 4.80. The van der Waals surface area contributed by atoms with Crippen molar-refractivity contribution in [3.63, 3.8) is 0 Å². The lowest BCUT2D eigenvalue weighted by Gasteiger charge is -2.18. The topological polar surface area (TPSA) is 49.4 Å². The van der Waals surface area contributed by atoms with Crippen LogP contribution in [0.2, 0.25) is 5.02 Å². The molecule has 1 fully saturated rings. The summed E-state index contributed by atoms with van der Waals surface area (Å²) in [6.45, 7) is 4.52. The average molecular weight is 357 g/mol. The van der Waals surface area contributed by atoms with Crippen LogP contribution in [0.3, 0.4) is 0 Å². The summed E-state index contributed by atoms with van der Waals surface area (Å²) in [5.74, 6) is -0.285. The van der Waals surface area contributed by atoms with E-state index >= 15 is 0 Å². The molecule has 4 nitrogen and oxygen atoms in total. The van der Waals surface area contributed by atoms with Crippen molar-refractivity contribution in [1.82, 2.24) is 0 Å². The van der Waals surface area contributed by atoms with Crippen molar-refractivity contribution in [3.05, 3.63) is 59.1 Å². The molecule has 0 saturated carbocycles. The number of anilines is 2. The van der Waals surface area contributed by atoms with Gasteiger partial charge in [0.05, 0.1) is 16.6 Å². The van der Waals surface area contributed by atoms with Gasteiger partial charge < -0.3 is 10.2 Å². The third kappa shape index (κ3) is 3.69. The van der Waals surface area contributed by atoms with Gasteiger partial charge >= 0.3 is 0 Å². The third-order valence-electron chi connectivity index (χ3n) is 4.48. The number of carbonyl (C=O) groups excluding carboxylic acids is 2. The number of para-hydroxylation sites is 2. The van der Waals surface area contributed by atoms with Crippen LogP contribution in [0, 0.1) is 5.92 Å². The Hall–Kier alpha value is -2.33. The summed E-state index contributed by atoms with van der Waals surface area (Å²) in [5.41, 5.74) is 2.56. The standard InChI is InChI=1S/C20H21ClN2O2/c1-13(2)15-7-3-5-9-17(15)22-20(25)14-11-19(24)23(12-14)18-10-6-4-8-16(18)21/h3-10,13-14H,11-12H2,1-2H3,(H,22,25)/t14-/m0/s1. The summed E-state index contributed by atoms with van der Waals surface area (Å²) in [5, 5.41) is 3.51. The normalized spacial score (nSPS) is 17.2. The Morgan fingerprint density at radius 2 is 1.84 bits per heavy atom. The number of hydrogen-bond donors (Lipinski definition) is 1. The number of halogens is 1. The number of carbonyl (C=O) groups is 2. The van der Waals surface area contributed by atoms with Crippen LogP contribution in [0.1, 0.15) is 31.7 Å². The van der Waals surface area contributed by atoms with E-state index in [1.54, 1.807) is 17.0 Å². The highest BCUT2D eigenvalue weighted by molar-refractivity contribution is 6.33. The Labute approximate surface area is 152 Å². The first-order chi connectivity index (χ1) is 12.0. The van der Waals surface area contributed by atoms with Crippen LogP contribution in [0.25, 0.3) is 0 Å². The molecule has 3 rings (SSSR count). The van der Waals surface area contributed by atoms with Crippen molar-refractivity contribution < 1.29 is 9.59 Å². The second-order valence-corrected chi connectivity index (χ2v) is 7.00. The maximum atomic E-state index is 12.7. The van der Waals surface area contributed by atoms with Gasteiger partial charge in [-0.2, -0.15) is 0 Å². The van der Waals surface area contributed by atoms with E-state index in [4.69, 9.17) is 11.6 Å². The van der Waals surface area contributed by atoms with E-state index in [0.717, 1.165) is 11.3 Å². The highest BCUT2D eigenvalue weighted by atomic mass is 35.5. The molecule has 2 aromatic rings. The van der Waals surface area contributed by atoms with Gasteiger partial charge in [-0.1, -0.05) is 55.8 Å². The molecule has 0 aliphatic carbocycles. The number of nitrogens with zero attached hydrogens (tertiary/aromatic N) is 1. The quantitative estimate of drug-likeness (QED) is 0.879. The summed E-state index contributed by atoms with van der Waals surface area (Å²) in [4.78, 5) is 26.6. The number of amides is 2. The maximum Gasteiger partial charge on any atom is 0.229 e. The molecular formula is C20H21ClN2O2. The molecule has 25 heavy (non-hydrogen) atoms. The highest BCUT2D eigenvalue weighted by Crippen LogP contribution is 2.32. The highest BCUT2D eigenvalue weighted by Gasteiger charge is 2.36.